The van der Waals surface area contributed by atoms with E-state index in [0.29, 0.717) is 18.8 Å². The van der Waals surface area contributed by atoms with Crippen molar-refractivity contribution in [3.8, 4) is 6.07 Å². The van der Waals surface area contributed by atoms with Crippen molar-refractivity contribution in [2.45, 2.75) is 18.4 Å². The van der Waals surface area contributed by atoms with Crippen LogP contribution in [0.25, 0.3) is 0 Å². The Balaban J connectivity index is 2.42. The highest BCUT2D eigenvalue weighted by Gasteiger charge is 2.26. The van der Waals surface area contributed by atoms with Crippen LogP contribution in [0.3, 0.4) is 0 Å². The molecule has 110 valence electrons. The first-order valence-corrected chi connectivity index (χ1v) is 8.63. The number of hydrogen-bond acceptors (Lipinski definition) is 5. The first kappa shape index (κ1) is 15.5. The average molecular weight is 321 g/mol. The summed E-state index contributed by atoms with van der Waals surface area (Å²) in [4.78, 5) is 0.951. The van der Waals surface area contributed by atoms with E-state index in [1.165, 1.54) is 33.8 Å². The second-order valence-electron chi connectivity index (χ2n) is 4.38. The summed E-state index contributed by atoms with van der Waals surface area (Å²) in [5, 5.41) is 11.0. The van der Waals surface area contributed by atoms with Gasteiger partial charge in [-0.3, -0.25) is 0 Å². The van der Waals surface area contributed by atoms with Gasteiger partial charge in [-0.1, -0.05) is 13.0 Å². The van der Waals surface area contributed by atoms with Crippen LogP contribution in [0.5, 0.6) is 0 Å². The van der Waals surface area contributed by atoms with Crippen molar-refractivity contribution in [1.82, 2.24) is 4.31 Å². The zero-order valence-electron chi connectivity index (χ0n) is 11.5. The van der Waals surface area contributed by atoms with Crippen LogP contribution in [-0.4, -0.2) is 19.3 Å². The number of thiophene rings is 1. The fourth-order valence-corrected chi connectivity index (χ4v) is 4.29. The van der Waals surface area contributed by atoms with E-state index in [1.54, 1.807) is 6.92 Å². The van der Waals surface area contributed by atoms with Crippen LogP contribution in [0, 0.1) is 11.3 Å². The molecule has 1 aromatic heterocycles. The Kier molecular flexibility index (Phi) is 4.63. The Morgan fingerprint density at radius 3 is 2.71 bits per heavy atom. The van der Waals surface area contributed by atoms with E-state index in [9.17, 15) is 8.42 Å². The molecule has 7 heteroatoms. The van der Waals surface area contributed by atoms with E-state index < -0.39 is 10.0 Å². The molecule has 0 amide bonds. The molecule has 0 atom stereocenters. The van der Waals surface area contributed by atoms with Gasteiger partial charge in [0.05, 0.1) is 5.56 Å². The number of nitriles is 1. The minimum Gasteiger partial charge on any atom is -0.399 e. The van der Waals surface area contributed by atoms with E-state index in [0.717, 1.165) is 4.88 Å². The van der Waals surface area contributed by atoms with Crippen LogP contribution in [0.4, 0.5) is 5.69 Å². The summed E-state index contributed by atoms with van der Waals surface area (Å²) in [6.45, 7) is 2.40. The highest BCUT2D eigenvalue weighted by molar-refractivity contribution is 7.89. The lowest BCUT2D eigenvalue weighted by molar-refractivity contribution is 0.426. The van der Waals surface area contributed by atoms with Crippen molar-refractivity contribution in [3.63, 3.8) is 0 Å². The fourth-order valence-electron chi connectivity index (χ4n) is 1.94. The third-order valence-electron chi connectivity index (χ3n) is 3.01. The maximum Gasteiger partial charge on any atom is 0.244 e. The molecule has 0 spiro atoms. The van der Waals surface area contributed by atoms with Crippen molar-refractivity contribution >= 4 is 27.0 Å². The lowest BCUT2D eigenvalue weighted by atomic mass is 10.2. The van der Waals surface area contributed by atoms with E-state index in [4.69, 9.17) is 11.0 Å². The number of nitrogens with zero attached hydrogens (tertiary/aromatic N) is 2. The van der Waals surface area contributed by atoms with Gasteiger partial charge in [-0.15, -0.1) is 11.3 Å². The second-order valence-corrected chi connectivity index (χ2v) is 7.32. The number of nitrogens with two attached hydrogens (primary N) is 1. The number of sulfonamides is 1. The van der Waals surface area contributed by atoms with Gasteiger partial charge >= 0.3 is 0 Å². The van der Waals surface area contributed by atoms with Gasteiger partial charge < -0.3 is 5.73 Å². The second kappa shape index (κ2) is 6.26. The van der Waals surface area contributed by atoms with Crippen LogP contribution < -0.4 is 5.73 Å². The molecular weight excluding hydrogens is 306 g/mol. The molecule has 1 aromatic carbocycles. The van der Waals surface area contributed by atoms with Crippen molar-refractivity contribution < 1.29 is 8.42 Å². The molecular formula is C14H15N3O2S2. The maximum atomic E-state index is 12.7. The van der Waals surface area contributed by atoms with Gasteiger partial charge in [0.2, 0.25) is 10.0 Å². The Labute approximate surface area is 128 Å². The lowest BCUT2D eigenvalue weighted by Crippen LogP contribution is -2.30. The van der Waals surface area contributed by atoms with Crippen LogP contribution in [0.2, 0.25) is 0 Å². The molecule has 0 aliphatic rings. The van der Waals surface area contributed by atoms with E-state index in [1.807, 2.05) is 23.6 Å². The number of nitrogen functional groups attached to an aromatic ring is 1. The summed E-state index contributed by atoms with van der Waals surface area (Å²) in [7, 11) is -3.72. The van der Waals surface area contributed by atoms with Crippen LogP contribution in [0.15, 0.2) is 40.6 Å². The molecule has 1 heterocycles. The highest BCUT2D eigenvalue weighted by Crippen LogP contribution is 2.24. The van der Waals surface area contributed by atoms with Crippen molar-refractivity contribution in [2.24, 2.45) is 0 Å². The van der Waals surface area contributed by atoms with Crippen LogP contribution in [0.1, 0.15) is 17.4 Å². The third-order valence-corrected chi connectivity index (χ3v) is 5.85. The summed E-state index contributed by atoms with van der Waals surface area (Å²) in [6, 6.07) is 9.93. The van der Waals surface area contributed by atoms with Gasteiger partial charge in [0.25, 0.3) is 0 Å². The van der Waals surface area contributed by atoms with Gasteiger partial charge in [-0.05, 0) is 29.6 Å². The zero-order valence-corrected chi connectivity index (χ0v) is 13.1. The van der Waals surface area contributed by atoms with E-state index in [2.05, 4.69) is 0 Å². The number of benzene rings is 1. The smallest absolute Gasteiger partial charge is 0.244 e. The minimum atomic E-state index is -3.72. The molecule has 0 saturated heterocycles. The number of rotatable bonds is 5. The average Bonchev–Trinajstić information content (AvgIpc) is 2.97. The topological polar surface area (TPSA) is 87.2 Å². The van der Waals surface area contributed by atoms with Gasteiger partial charge in [-0.2, -0.15) is 9.57 Å². The molecule has 0 radical (unpaired) electrons. The molecule has 0 saturated carbocycles. The zero-order chi connectivity index (χ0) is 15.5. The number of hydrogen-bond donors (Lipinski definition) is 1. The Bertz CT molecular complexity index is 762. The summed E-state index contributed by atoms with van der Waals surface area (Å²) in [5.41, 5.74) is 6.04. The molecule has 0 unspecified atom stereocenters. The quantitative estimate of drug-likeness (QED) is 0.857. The molecule has 21 heavy (non-hydrogen) atoms. The molecule has 5 nitrogen and oxygen atoms in total. The third kappa shape index (κ3) is 3.24. The van der Waals surface area contributed by atoms with Gasteiger partial charge in [0.1, 0.15) is 11.0 Å². The monoisotopic (exact) mass is 321 g/mol. The van der Waals surface area contributed by atoms with Crippen LogP contribution >= 0.6 is 11.3 Å². The molecule has 2 aromatic rings. The van der Waals surface area contributed by atoms with Gasteiger partial charge in [0.15, 0.2) is 0 Å². The highest BCUT2D eigenvalue weighted by atomic mass is 32.2. The van der Waals surface area contributed by atoms with Crippen LogP contribution in [-0.2, 0) is 16.6 Å². The van der Waals surface area contributed by atoms with Gasteiger partial charge in [-0.25, -0.2) is 8.42 Å². The molecule has 0 aliphatic heterocycles. The summed E-state index contributed by atoms with van der Waals surface area (Å²) in [6.07, 6.45) is 0. The molecule has 0 aliphatic carbocycles. The lowest BCUT2D eigenvalue weighted by Gasteiger charge is -2.20. The Morgan fingerprint density at radius 2 is 2.14 bits per heavy atom. The van der Waals surface area contributed by atoms with Crippen molar-refractivity contribution in [3.05, 3.63) is 46.2 Å². The van der Waals surface area contributed by atoms with E-state index >= 15 is 0 Å². The first-order chi connectivity index (χ1) is 9.98. The van der Waals surface area contributed by atoms with Gasteiger partial charge in [0, 0.05) is 23.7 Å². The van der Waals surface area contributed by atoms with E-state index in [-0.39, 0.29) is 10.5 Å². The Morgan fingerprint density at radius 1 is 1.38 bits per heavy atom. The fraction of sp³-hybridized carbons (Fsp3) is 0.214. The molecule has 0 bridgehead atoms. The molecule has 0 fully saturated rings. The minimum absolute atomic E-state index is 0.00222. The van der Waals surface area contributed by atoms with Crippen molar-refractivity contribution in [2.75, 3.05) is 12.3 Å². The van der Waals surface area contributed by atoms with Crippen molar-refractivity contribution in [1.29, 1.82) is 5.26 Å². The SMILES string of the molecule is CCN(Cc1cccs1)S(=O)(=O)c1ccc(N)cc1C#N. The normalized spacial score (nSPS) is 11.5. The maximum absolute atomic E-state index is 12.7. The summed E-state index contributed by atoms with van der Waals surface area (Å²) in [5.74, 6) is 0. The summed E-state index contributed by atoms with van der Waals surface area (Å²) >= 11 is 1.50. The summed E-state index contributed by atoms with van der Waals surface area (Å²) < 4.78 is 26.8. The largest absolute Gasteiger partial charge is 0.399 e. The predicted molar refractivity (Wildman–Crippen MR) is 83.2 cm³/mol. The molecule has 2 N–H and O–H groups in total. The Hall–Kier alpha value is -1.88. The standard InChI is InChI=1S/C14H15N3O2S2/c1-2-17(10-13-4-3-7-20-13)21(18,19)14-6-5-12(16)8-11(14)9-15/h3-8H,2,10,16H2,1H3. The molecule has 2 rings (SSSR count). The number of anilines is 1. The predicted octanol–water partition coefficient (Wildman–Crippen LogP) is 2.41. The first-order valence-electron chi connectivity index (χ1n) is 6.31.